The number of pyridine rings is 1. The zero-order chi connectivity index (χ0) is 14.5. The first-order valence-electron chi connectivity index (χ1n) is 7.80. The van der Waals surface area contributed by atoms with Crippen molar-refractivity contribution in [3.63, 3.8) is 0 Å². The van der Waals surface area contributed by atoms with Gasteiger partial charge in [0, 0.05) is 23.3 Å². The largest absolute Gasteiger partial charge is 0.385 e. The first-order valence-corrected chi connectivity index (χ1v) is 7.80. The van der Waals surface area contributed by atoms with Gasteiger partial charge in [0.15, 0.2) is 0 Å². The molecule has 0 aliphatic carbocycles. The number of nitrogens with one attached hydrogen (secondary N) is 1. The number of aryl methyl sites for hydroxylation is 1. The van der Waals surface area contributed by atoms with E-state index in [0.717, 1.165) is 24.9 Å². The smallest absolute Gasteiger partial charge is 0.0726 e. The minimum absolute atomic E-state index is 0.633. The summed E-state index contributed by atoms with van der Waals surface area (Å²) in [5, 5.41) is 4.75. The monoisotopic (exact) mass is 270 g/mol. The molecular formula is C18H26N2. The molecule has 0 aliphatic rings. The van der Waals surface area contributed by atoms with E-state index in [1.165, 1.54) is 28.8 Å². The lowest BCUT2D eigenvalue weighted by Gasteiger charge is -2.13. The Balaban J connectivity index is 2.49. The SMILES string of the molecule is CCCc1ccc2nc(CC(C)C)cc(NCC)c2c1. The van der Waals surface area contributed by atoms with Crippen LogP contribution in [0.3, 0.4) is 0 Å². The van der Waals surface area contributed by atoms with Crippen molar-refractivity contribution >= 4 is 16.6 Å². The Morgan fingerprint density at radius 1 is 1.15 bits per heavy atom. The first kappa shape index (κ1) is 14.8. The highest BCUT2D eigenvalue weighted by Gasteiger charge is 2.08. The Labute approximate surface area is 122 Å². The lowest BCUT2D eigenvalue weighted by molar-refractivity contribution is 0.637. The second-order valence-electron chi connectivity index (χ2n) is 5.89. The zero-order valence-corrected chi connectivity index (χ0v) is 13.2. The summed E-state index contributed by atoms with van der Waals surface area (Å²) in [6, 6.07) is 8.91. The quantitative estimate of drug-likeness (QED) is 0.814. The summed E-state index contributed by atoms with van der Waals surface area (Å²) >= 11 is 0. The van der Waals surface area contributed by atoms with Gasteiger partial charge in [-0.05, 0) is 49.4 Å². The molecular weight excluding hydrogens is 244 g/mol. The first-order chi connectivity index (χ1) is 9.63. The van der Waals surface area contributed by atoms with Gasteiger partial charge in [0.1, 0.15) is 0 Å². The summed E-state index contributed by atoms with van der Waals surface area (Å²) in [6.45, 7) is 9.79. The summed E-state index contributed by atoms with van der Waals surface area (Å²) in [7, 11) is 0. The standard InChI is InChI=1S/C18H26N2/c1-5-7-14-8-9-17-16(11-14)18(19-6-2)12-15(20-17)10-13(3)4/h8-9,11-13H,5-7,10H2,1-4H3,(H,19,20). The molecule has 0 bridgehead atoms. The molecule has 20 heavy (non-hydrogen) atoms. The third-order valence-electron chi connectivity index (χ3n) is 3.45. The highest BCUT2D eigenvalue weighted by molar-refractivity contribution is 5.92. The highest BCUT2D eigenvalue weighted by atomic mass is 14.9. The maximum absolute atomic E-state index is 4.82. The molecule has 2 aromatic rings. The fourth-order valence-corrected chi connectivity index (χ4v) is 2.63. The molecule has 0 atom stereocenters. The van der Waals surface area contributed by atoms with E-state index < -0.39 is 0 Å². The molecule has 2 heteroatoms. The van der Waals surface area contributed by atoms with E-state index in [0.29, 0.717) is 5.92 Å². The molecule has 0 amide bonds. The molecule has 0 radical (unpaired) electrons. The number of benzene rings is 1. The average Bonchev–Trinajstić information content (AvgIpc) is 2.39. The lowest BCUT2D eigenvalue weighted by atomic mass is 10.0. The van der Waals surface area contributed by atoms with Crippen molar-refractivity contribution in [3.05, 3.63) is 35.5 Å². The summed E-state index contributed by atoms with van der Waals surface area (Å²) in [4.78, 5) is 4.82. The van der Waals surface area contributed by atoms with Crippen LogP contribution in [-0.2, 0) is 12.8 Å². The van der Waals surface area contributed by atoms with Gasteiger partial charge in [0.25, 0.3) is 0 Å². The zero-order valence-electron chi connectivity index (χ0n) is 13.2. The fraction of sp³-hybridized carbons (Fsp3) is 0.500. The van der Waals surface area contributed by atoms with Gasteiger partial charge < -0.3 is 5.32 Å². The summed E-state index contributed by atoms with van der Waals surface area (Å²) < 4.78 is 0. The second-order valence-corrected chi connectivity index (χ2v) is 5.89. The van der Waals surface area contributed by atoms with Crippen LogP contribution in [0.4, 0.5) is 5.69 Å². The Bertz CT molecular complexity index is 573. The van der Waals surface area contributed by atoms with Crippen LogP contribution >= 0.6 is 0 Å². The molecule has 0 saturated carbocycles. The van der Waals surface area contributed by atoms with Crippen LogP contribution in [0, 0.1) is 5.92 Å². The van der Waals surface area contributed by atoms with Crippen LogP contribution < -0.4 is 5.32 Å². The summed E-state index contributed by atoms with van der Waals surface area (Å²) in [5.74, 6) is 0.633. The van der Waals surface area contributed by atoms with Crippen LogP contribution in [0.2, 0.25) is 0 Å². The Morgan fingerprint density at radius 3 is 2.60 bits per heavy atom. The fourth-order valence-electron chi connectivity index (χ4n) is 2.63. The number of fused-ring (bicyclic) bond motifs is 1. The number of hydrogen-bond acceptors (Lipinski definition) is 2. The minimum atomic E-state index is 0.633. The highest BCUT2D eigenvalue weighted by Crippen LogP contribution is 2.26. The molecule has 2 rings (SSSR count). The topological polar surface area (TPSA) is 24.9 Å². The van der Waals surface area contributed by atoms with Gasteiger partial charge in [-0.3, -0.25) is 4.98 Å². The molecule has 108 valence electrons. The Hall–Kier alpha value is -1.57. The normalized spacial score (nSPS) is 11.2. The maximum Gasteiger partial charge on any atom is 0.0726 e. The number of nitrogens with zero attached hydrogens (tertiary/aromatic N) is 1. The molecule has 1 aromatic heterocycles. The predicted octanol–water partition coefficient (Wildman–Crippen LogP) is 4.82. The molecule has 2 nitrogen and oxygen atoms in total. The van der Waals surface area contributed by atoms with Gasteiger partial charge in [-0.25, -0.2) is 0 Å². The number of rotatable bonds is 6. The van der Waals surface area contributed by atoms with E-state index in [-0.39, 0.29) is 0 Å². The number of aromatic nitrogens is 1. The van der Waals surface area contributed by atoms with Crippen LogP contribution in [0.25, 0.3) is 10.9 Å². The molecule has 0 spiro atoms. The van der Waals surface area contributed by atoms with Crippen LogP contribution in [0.5, 0.6) is 0 Å². The van der Waals surface area contributed by atoms with Crippen molar-refractivity contribution < 1.29 is 0 Å². The molecule has 0 aliphatic heterocycles. The molecule has 0 saturated heterocycles. The van der Waals surface area contributed by atoms with Crippen LogP contribution in [-0.4, -0.2) is 11.5 Å². The Morgan fingerprint density at radius 2 is 1.95 bits per heavy atom. The van der Waals surface area contributed by atoms with Crippen molar-refractivity contribution in [2.24, 2.45) is 5.92 Å². The van der Waals surface area contributed by atoms with Gasteiger partial charge in [0.2, 0.25) is 0 Å². The second kappa shape index (κ2) is 6.74. The summed E-state index contributed by atoms with van der Waals surface area (Å²) in [6.07, 6.45) is 3.35. The van der Waals surface area contributed by atoms with E-state index in [4.69, 9.17) is 4.98 Å². The predicted molar refractivity (Wildman–Crippen MR) is 88.4 cm³/mol. The molecule has 1 heterocycles. The van der Waals surface area contributed by atoms with E-state index >= 15 is 0 Å². The van der Waals surface area contributed by atoms with E-state index in [9.17, 15) is 0 Å². The van der Waals surface area contributed by atoms with Gasteiger partial charge >= 0.3 is 0 Å². The molecule has 1 N–H and O–H groups in total. The number of hydrogen-bond donors (Lipinski definition) is 1. The van der Waals surface area contributed by atoms with Crippen molar-refractivity contribution in [1.82, 2.24) is 4.98 Å². The molecule has 1 aromatic carbocycles. The van der Waals surface area contributed by atoms with Gasteiger partial charge in [0.05, 0.1) is 5.52 Å². The maximum atomic E-state index is 4.82. The van der Waals surface area contributed by atoms with Crippen LogP contribution in [0.15, 0.2) is 24.3 Å². The van der Waals surface area contributed by atoms with Gasteiger partial charge in [-0.2, -0.15) is 0 Å². The van der Waals surface area contributed by atoms with Crippen molar-refractivity contribution in [2.75, 3.05) is 11.9 Å². The third-order valence-corrected chi connectivity index (χ3v) is 3.45. The molecule has 0 unspecified atom stereocenters. The van der Waals surface area contributed by atoms with Crippen molar-refractivity contribution in [2.45, 2.75) is 47.0 Å². The number of anilines is 1. The molecule has 0 fully saturated rings. The average molecular weight is 270 g/mol. The van der Waals surface area contributed by atoms with Crippen molar-refractivity contribution in [1.29, 1.82) is 0 Å². The van der Waals surface area contributed by atoms with E-state index in [2.05, 4.69) is 57.3 Å². The van der Waals surface area contributed by atoms with Crippen LogP contribution in [0.1, 0.15) is 45.4 Å². The lowest BCUT2D eigenvalue weighted by Crippen LogP contribution is -2.03. The van der Waals surface area contributed by atoms with Crippen molar-refractivity contribution in [3.8, 4) is 0 Å². The van der Waals surface area contributed by atoms with Gasteiger partial charge in [-0.15, -0.1) is 0 Å². The Kier molecular flexibility index (Phi) is 4.99. The minimum Gasteiger partial charge on any atom is -0.385 e. The van der Waals surface area contributed by atoms with E-state index in [1.54, 1.807) is 0 Å². The van der Waals surface area contributed by atoms with Gasteiger partial charge in [-0.1, -0.05) is 33.3 Å². The third kappa shape index (κ3) is 3.50. The summed E-state index contributed by atoms with van der Waals surface area (Å²) in [5.41, 5.74) is 4.93. The van der Waals surface area contributed by atoms with E-state index in [1.807, 2.05) is 0 Å².